The highest BCUT2D eigenvalue weighted by molar-refractivity contribution is 5.31. The van der Waals surface area contributed by atoms with Gasteiger partial charge in [-0.25, -0.2) is 4.68 Å². The Morgan fingerprint density at radius 1 is 1.37 bits per heavy atom. The van der Waals surface area contributed by atoms with Crippen molar-refractivity contribution in [3.63, 3.8) is 0 Å². The van der Waals surface area contributed by atoms with E-state index in [0.29, 0.717) is 5.92 Å². The lowest BCUT2D eigenvalue weighted by Gasteiger charge is -2.21. The summed E-state index contributed by atoms with van der Waals surface area (Å²) in [4.78, 5) is 0. The molecule has 1 aromatic carbocycles. The molecule has 0 bridgehead atoms. The third-order valence-corrected chi connectivity index (χ3v) is 3.81. The highest BCUT2D eigenvalue weighted by atomic mass is 16.5. The number of nitrogens with zero attached hydrogens (tertiary/aromatic N) is 2. The molecule has 2 heterocycles. The molecular weight excluding hydrogens is 238 g/mol. The summed E-state index contributed by atoms with van der Waals surface area (Å²) in [5.74, 6) is 0.509. The fourth-order valence-electron chi connectivity index (χ4n) is 2.60. The zero-order chi connectivity index (χ0) is 13.2. The second-order valence-electron chi connectivity index (χ2n) is 5.18. The Morgan fingerprint density at radius 3 is 2.84 bits per heavy atom. The van der Waals surface area contributed by atoms with Crippen LogP contribution in [0.3, 0.4) is 0 Å². The van der Waals surface area contributed by atoms with Gasteiger partial charge in [0, 0.05) is 18.4 Å². The normalized spacial score (nSPS) is 24.5. The van der Waals surface area contributed by atoms with Crippen LogP contribution in [0.25, 0.3) is 5.69 Å². The standard InChI is InChI=1S/C15H19N3O/c1-11-7-8-19-15(11)14(16)12-9-17-18(10-12)13-5-3-2-4-6-13/h2-6,9-11,14-15H,7-8,16H2,1H3. The van der Waals surface area contributed by atoms with E-state index in [4.69, 9.17) is 10.5 Å². The maximum atomic E-state index is 6.30. The van der Waals surface area contributed by atoms with Crippen molar-refractivity contribution < 1.29 is 4.74 Å². The SMILES string of the molecule is CC1CCOC1C(N)c1cnn(-c2ccccc2)c1. The molecule has 2 N–H and O–H groups in total. The summed E-state index contributed by atoms with van der Waals surface area (Å²) in [7, 11) is 0. The van der Waals surface area contributed by atoms with Crippen LogP contribution in [0.4, 0.5) is 0 Å². The van der Waals surface area contributed by atoms with E-state index in [1.807, 2.05) is 47.4 Å². The van der Waals surface area contributed by atoms with E-state index >= 15 is 0 Å². The molecule has 0 spiro atoms. The van der Waals surface area contributed by atoms with Gasteiger partial charge in [-0.1, -0.05) is 25.1 Å². The van der Waals surface area contributed by atoms with Crippen LogP contribution in [-0.2, 0) is 4.74 Å². The number of ether oxygens (including phenoxy) is 1. The Hall–Kier alpha value is -1.65. The Bertz CT molecular complexity index is 537. The van der Waals surface area contributed by atoms with Crippen molar-refractivity contribution in [2.45, 2.75) is 25.5 Å². The Balaban J connectivity index is 1.81. The molecule has 1 fully saturated rings. The van der Waals surface area contributed by atoms with Crippen LogP contribution in [0.5, 0.6) is 0 Å². The average Bonchev–Trinajstić information content (AvgIpc) is 3.08. The van der Waals surface area contributed by atoms with Crippen molar-refractivity contribution >= 4 is 0 Å². The second-order valence-corrected chi connectivity index (χ2v) is 5.18. The molecule has 2 aromatic rings. The van der Waals surface area contributed by atoms with Crippen molar-refractivity contribution in [2.75, 3.05) is 6.61 Å². The topological polar surface area (TPSA) is 53.1 Å². The fraction of sp³-hybridized carbons (Fsp3) is 0.400. The van der Waals surface area contributed by atoms with Gasteiger partial charge in [-0.3, -0.25) is 0 Å². The smallest absolute Gasteiger partial charge is 0.0795 e. The molecule has 3 rings (SSSR count). The van der Waals surface area contributed by atoms with E-state index in [1.54, 1.807) is 0 Å². The van der Waals surface area contributed by atoms with Crippen molar-refractivity contribution in [3.8, 4) is 5.69 Å². The van der Waals surface area contributed by atoms with Gasteiger partial charge in [0.05, 0.1) is 24.0 Å². The molecular formula is C15H19N3O. The molecule has 1 saturated heterocycles. The lowest BCUT2D eigenvalue weighted by Crippen LogP contribution is -2.29. The van der Waals surface area contributed by atoms with Gasteiger partial charge in [-0.2, -0.15) is 5.10 Å². The molecule has 19 heavy (non-hydrogen) atoms. The van der Waals surface area contributed by atoms with E-state index in [-0.39, 0.29) is 12.1 Å². The highest BCUT2D eigenvalue weighted by Crippen LogP contribution is 2.29. The molecule has 0 aliphatic carbocycles. The number of rotatable bonds is 3. The number of hydrogen-bond acceptors (Lipinski definition) is 3. The predicted octanol–water partition coefficient (Wildman–Crippen LogP) is 2.30. The van der Waals surface area contributed by atoms with Crippen LogP contribution in [-0.4, -0.2) is 22.5 Å². The molecule has 1 aromatic heterocycles. The lowest BCUT2D eigenvalue weighted by atomic mass is 9.95. The number of para-hydroxylation sites is 1. The molecule has 1 aliphatic rings. The van der Waals surface area contributed by atoms with Gasteiger partial charge in [0.2, 0.25) is 0 Å². The van der Waals surface area contributed by atoms with Crippen LogP contribution in [0, 0.1) is 5.92 Å². The monoisotopic (exact) mass is 257 g/mol. The fourth-order valence-corrected chi connectivity index (χ4v) is 2.60. The first-order chi connectivity index (χ1) is 9.25. The summed E-state index contributed by atoms with van der Waals surface area (Å²) in [5, 5.41) is 4.39. The predicted molar refractivity (Wildman–Crippen MR) is 74.0 cm³/mol. The third kappa shape index (κ3) is 2.41. The van der Waals surface area contributed by atoms with Gasteiger partial charge in [0.1, 0.15) is 0 Å². The van der Waals surface area contributed by atoms with Crippen molar-refractivity contribution in [2.24, 2.45) is 11.7 Å². The maximum absolute atomic E-state index is 6.30. The molecule has 0 saturated carbocycles. The van der Waals surface area contributed by atoms with Crippen LogP contribution < -0.4 is 5.73 Å². The molecule has 4 heteroatoms. The Kier molecular flexibility index (Phi) is 3.36. The minimum Gasteiger partial charge on any atom is -0.376 e. The first kappa shape index (κ1) is 12.4. The van der Waals surface area contributed by atoms with Crippen LogP contribution >= 0.6 is 0 Å². The molecule has 1 aliphatic heterocycles. The van der Waals surface area contributed by atoms with Crippen LogP contribution in [0.1, 0.15) is 24.9 Å². The average molecular weight is 257 g/mol. The quantitative estimate of drug-likeness (QED) is 0.918. The van der Waals surface area contributed by atoms with Gasteiger partial charge >= 0.3 is 0 Å². The Labute approximate surface area is 113 Å². The van der Waals surface area contributed by atoms with Gasteiger partial charge in [-0.15, -0.1) is 0 Å². The summed E-state index contributed by atoms with van der Waals surface area (Å²) in [5.41, 5.74) is 8.38. The first-order valence-electron chi connectivity index (χ1n) is 6.73. The van der Waals surface area contributed by atoms with Crippen LogP contribution in [0.2, 0.25) is 0 Å². The largest absolute Gasteiger partial charge is 0.376 e. The minimum absolute atomic E-state index is 0.102. The summed E-state index contributed by atoms with van der Waals surface area (Å²) >= 11 is 0. The summed E-state index contributed by atoms with van der Waals surface area (Å²) < 4.78 is 7.59. The number of hydrogen-bond donors (Lipinski definition) is 1. The molecule has 0 radical (unpaired) electrons. The molecule has 3 unspecified atom stereocenters. The maximum Gasteiger partial charge on any atom is 0.0795 e. The van der Waals surface area contributed by atoms with E-state index in [9.17, 15) is 0 Å². The van der Waals surface area contributed by atoms with Gasteiger partial charge in [-0.05, 0) is 24.5 Å². The highest BCUT2D eigenvalue weighted by Gasteiger charge is 2.31. The third-order valence-electron chi connectivity index (χ3n) is 3.81. The van der Waals surface area contributed by atoms with E-state index in [0.717, 1.165) is 24.3 Å². The van der Waals surface area contributed by atoms with Crippen LogP contribution in [0.15, 0.2) is 42.7 Å². The van der Waals surface area contributed by atoms with Gasteiger partial charge < -0.3 is 10.5 Å². The van der Waals surface area contributed by atoms with Gasteiger partial charge in [0.15, 0.2) is 0 Å². The van der Waals surface area contributed by atoms with Crippen molar-refractivity contribution in [1.29, 1.82) is 0 Å². The van der Waals surface area contributed by atoms with Gasteiger partial charge in [0.25, 0.3) is 0 Å². The zero-order valence-corrected chi connectivity index (χ0v) is 11.1. The lowest BCUT2D eigenvalue weighted by molar-refractivity contribution is 0.0725. The molecule has 4 nitrogen and oxygen atoms in total. The van der Waals surface area contributed by atoms with E-state index in [1.165, 1.54) is 0 Å². The first-order valence-corrected chi connectivity index (χ1v) is 6.73. The summed E-state index contributed by atoms with van der Waals surface area (Å²) in [6.07, 6.45) is 5.03. The summed E-state index contributed by atoms with van der Waals surface area (Å²) in [6.45, 7) is 3.01. The number of benzene rings is 1. The molecule has 0 amide bonds. The zero-order valence-electron chi connectivity index (χ0n) is 11.1. The summed E-state index contributed by atoms with van der Waals surface area (Å²) in [6, 6.07) is 9.94. The second kappa shape index (κ2) is 5.15. The van der Waals surface area contributed by atoms with E-state index in [2.05, 4.69) is 12.0 Å². The molecule has 3 atom stereocenters. The van der Waals surface area contributed by atoms with Crippen molar-refractivity contribution in [3.05, 3.63) is 48.3 Å². The number of aromatic nitrogens is 2. The van der Waals surface area contributed by atoms with Crippen molar-refractivity contribution in [1.82, 2.24) is 9.78 Å². The number of nitrogens with two attached hydrogens (primary N) is 1. The Morgan fingerprint density at radius 2 is 2.16 bits per heavy atom. The van der Waals surface area contributed by atoms with E-state index < -0.39 is 0 Å². The molecule has 100 valence electrons. The minimum atomic E-state index is -0.102.